The van der Waals surface area contributed by atoms with Crippen LogP contribution < -0.4 is 0 Å². The molecule has 0 unspecified atom stereocenters. The molecule has 0 atom stereocenters. The lowest BCUT2D eigenvalue weighted by molar-refractivity contribution is 0.0472. The maximum atomic E-state index is 12.6. The van der Waals surface area contributed by atoms with Gasteiger partial charge in [0.2, 0.25) is 0 Å². The molecular weight excluding hydrogens is 356 g/mol. The van der Waals surface area contributed by atoms with Gasteiger partial charge >= 0.3 is 5.97 Å². The quantitative estimate of drug-likeness (QED) is 0.450. The standard InChI is InChI=1S/C22H20N2O2S/c1-14-8-10-17(11-9-14)24-15(2)12-18(16(24)3)22(25)26-13-21-23-19-6-4-5-7-20(19)27-21/h4-12H,13H2,1-3H3. The van der Waals surface area contributed by atoms with Crippen molar-refractivity contribution in [3.05, 3.63) is 82.1 Å². The van der Waals surface area contributed by atoms with Crippen molar-refractivity contribution in [3.63, 3.8) is 0 Å². The third kappa shape index (κ3) is 3.38. The van der Waals surface area contributed by atoms with Gasteiger partial charge in [-0.15, -0.1) is 11.3 Å². The summed E-state index contributed by atoms with van der Waals surface area (Å²) in [6.07, 6.45) is 0. The van der Waals surface area contributed by atoms with Gasteiger partial charge in [0.1, 0.15) is 11.6 Å². The SMILES string of the molecule is Cc1ccc(-n2c(C)cc(C(=O)OCc3nc4ccccc4s3)c2C)cc1. The van der Waals surface area contributed by atoms with Gasteiger partial charge in [-0.3, -0.25) is 0 Å². The number of carbonyl (C=O) groups is 1. The first-order valence-electron chi connectivity index (χ1n) is 8.80. The zero-order valence-corrected chi connectivity index (χ0v) is 16.3. The van der Waals surface area contributed by atoms with Gasteiger partial charge in [0, 0.05) is 17.1 Å². The Labute approximate surface area is 162 Å². The molecule has 0 fully saturated rings. The Morgan fingerprint density at radius 3 is 2.56 bits per heavy atom. The summed E-state index contributed by atoms with van der Waals surface area (Å²) >= 11 is 1.55. The fourth-order valence-corrected chi connectivity index (χ4v) is 4.13. The highest BCUT2D eigenvalue weighted by Gasteiger charge is 2.18. The van der Waals surface area contributed by atoms with Crippen molar-refractivity contribution in [1.82, 2.24) is 9.55 Å². The molecular formula is C22H20N2O2S. The second kappa shape index (κ2) is 7.00. The van der Waals surface area contributed by atoms with Crippen LogP contribution in [0.2, 0.25) is 0 Å². The lowest BCUT2D eigenvalue weighted by Crippen LogP contribution is -2.07. The molecule has 0 aliphatic carbocycles. The van der Waals surface area contributed by atoms with Crippen LogP contribution in [-0.2, 0) is 11.3 Å². The van der Waals surface area contributed by atoms with Gasteiger partial charge in [-0.05, 0) is 51.1 Å². The van der Waals surface area contributed by atoms with Crippen molar-refractivity contribution >= 4 is 27.5 Å². The fourth-order valence-electron chi connectivity index (χ4n) is 3.25. The van der Waals surface area contributed by atoms with E-state index in [0.717, 1.165) is 32.3 Å². The predicted octanol–water partition coefficient (Wildman–Crippen LogP) is 5.37. The fraction of sp³-hybridized carbons (Fsp3) is 0.182. The zero-order valence-electron chi connectivity index (χ0n) is 15.5. The Balaban J connectivity index is 1.55. The molecule has 0 radical (unpaired) electrons. The molecule has 27 heavy (non-hydrogen) atoms. The third-order valence-electron chi connectivity index (χ3n) is 4.61. The zero-order chi connectivity index (χ0) is 19.0. The van der Waals surface area contributed by atoms with Crippen molar-refractivity contribution in [2.45, 2.75) is 27.4 Å². The van der Waals surface area contributed by atoms with Gasteiger partial charge < -0.3 is 9.30 Å². The number of benzene rings is 2. The molecule has 5 heteroatoms. The van der Waals surface area contributed by atoms with Crippen LogP contribution in [0.25, 0.3) is 15.9 Å². The van der Waals surface area contributed by atoms with E-state index in [4.69, 9.17) is 4.74 Å². The van der Waals surface area contributed by atoms with Crippen LogP contribution in [0.5, 0.6) is 0 Å². The van der Waals surface area contributed by atoms with E-state index in [2.05, 4.69) is 40.7 Å². The number of hydrogen-bond acceptors (Lipinski definition) is 4. The number of thiazole rings is 1. The molecule has 0 bridgehead atoms. The van der Waals surface area contributed by atoms with Crippen LogP contribution in [0.1, 0.15) is 32.3 Å². The van der Waals surface area contributed by atoms with Crippen molar-refractivity contribution in [3.8, 4) is 5.69 Å². The second-order valence-corrected chi connectivity index (χ2v) is 7.72. The molecule has 0 saturated carbocycles. The molecule has 0 amide bonds. The summed E-state index contributed by atoms with van der Waals surface area (Å²) in [4.78, 5) is 17.2. The van der Waals surface area contributed by atoms with Crippen molar-refractivity contribution < 1.29 is 9.53 Å². The van der Waals surface area contributed by atoms with E-state index in [9.17, 15) is 4.79 Å². The number of rotatable bonds is 4. The number of carbonyl (C=O) groups excluding carboxylic acids is 1. The lowest BCUT2D eigenvalue weighted by Gasteiger charge is -2.10. The van der Waals surface area contributed by atoms with Crippen LogP contribution in [0.3, 0.4) is 0 Å². The number of para-hydroxylation sites is 1. The average Bonchev–Trinajstić information content (AvgIpc) is 3.21. The summed E-state index contributed by atoms with van der Waals surface area (Å²) in [6.45, 7) is 6.19. The van der Waals surface area contributed by atoms with Gasteiger partial charge in [0.05, 0.1) is 15.8 Å². The molecule has 4 rings (SSSR count). The molecule has 0 aliphatic heterocycles. The highest BCUT2D eigenvalue weighted by atomic mass is 32.1. The lowest BCUT2D eigenvalue weighted by atomic mass is 10.2. The van der Waals surface area contributed by atoms with E-state index in [0.29, 0.717) is 5.56 Å². The molecule has 2 heterocycles. The van der Waals surface area contributed by atoms with E-state index in [1.54, 1.807) is 11.3 Å². The first kappa shape index (κ1) is 17.5. The van der Waals surface area contributed by atoms with Gasteiger partial charge in [-0.2, -0.15) is 0 Å². The van der Waals surface area contributed by atoms with Crippen LogP contribution in [0.4, 0.5) is 0 Å². The van der Waals surface area contributed by atoms with Gasteiger partial charge in [-0.25, -0.2) is 9.78 Å². The number of nitrogens with zero attached hydrogens (tertiary/aromatic N) is 2. The molecule has 2 aromatic carbocycles. The highest BCUT2D eigenvalue weighted by molar-refractivity contribution is 7.18. The van der Waals surface area contributed by atoms with E-state index in [1.807, 2.05) is 44.2 Å². The average molecular weight is 376 g/mol. The minimum Gasteiger partial charge on any atom is -0.455 e. The Hall–Kier alpha value is -2.92. The molecule has 0 N–H and O–H groups in total. The summed E-state index contributed by atoms with van der Waals surface area (Å²) in [7, 11) is 0. The van der Waals surface area contributed by atoms with Crippen LogP contribution in [-0.4, -0.2) is 15.5 Å². The van der Waals surface area contributed by atoms with Crippen molar-refractivity contribution in [2.75, 3.05) is 0 Å². The topological polar surface area (TPSA) is 44.1 Å². The van der Waals surface area contributed by atoms with Crippen molar-refractivity contribution in [2.24, 2.45) is 0 Å². The van der Waals surface area contributed by atoms with Crippen LogP contribution >= 0.6 is 11.3 Å². The Bertz CT molecular complexity index is 1090. The monoisotopic (exact) mass is 376 g/mol. The number of esters is 1. The molecule has 4 nitrogen and oxygen atoms in total. The predicted molar refractivity (Wildman–Crippen MR) is 109 cm³/mol. The van der Waals surface area contributed by atoms with E-state index in [1.165, 1.54) is 5.56 Å². The van der Waals surface area contributed by atoms with Gasteiger partial charge in [-0.1, -0.05) is 29.8 Å². The molecule has 0 saturated heterocycles. The molecule has 4 aromatic rings. The van der Waals surface area contributed by atoms with Crippen LogP contribution in [0, 0.1) is 20.8 Å². The highest BCUT2D eigenvalue weighted by Crippen LogP contribution is 2.24. The van der Waals surface area contributed by atoms with Gasteiger partial charge in [0.15, 0.2) is 0 Å². The van der Waals surface area contributed by atoms with E-state index < -0.39 is 0 Å². The normalized spacial score (nSPS) is 11.1. The summed E-state index contributed by atoms with van der Waals surface area (Å²) in [5, 5.41) is 0.803. The number of aromatic nitrogens is 2. The first-order valence-corrected chi connectivity index (χ1v) is 9.62. The number of aryl methyl sites for hydroxylation is 2. The summed E-state index contributed by atoms with van der Waals surface area (Å²) in [5.41, 5.74) is 5.66. The molecule has 136 valence electrons. The largest absolute Gasteiger partial charge is 0.455 e. The number of fused-ring (bicyclic) bond motifs is 1. The van der Waals surface area contributed by atoms with Crippen molar-refractivity contribution in [1.29, 1.82) is 0 Å². The Morgan fingerprint density at radius 1 is 1.07 bits per heavy atom. The van der Waals surface area contributed by atoms with Gasteiger partial charge in [0.25, 0.3) is 0 Å². The van der Waals surface area contributed by atoms with Crippen LogP contribution in [0.15, 0.2) is 54.6 Å². The minimum atomic E-state index is -0.319. The third-order valence-corrected chi connectivity index (χ3v) is 5.62. The first-order chi connectivity index (χ1) is 13.0. The Kier molecular flexibility index (Phi) is 4.54. The molecule has 2 aromatic heterocycles. The number of ether oxygens (including phenoxy) is 1. The maximum absolute atomic E-state index is 12.6. The summed E-state index contributed by atoms with van der Waals surface area (Å²) in [6, 6.07) is 18.1. The number of hydrogen-bond donors (Lipinski definition) is 0. The minimum absolute atomic E-state index is 0.187. The Morgan fingerprint density at radius 2 is 1.81 bits per heavy atom. The maximum Gasteiger partial charge on any atom is 0.340 e. The molecule has 0 spiro atoms. The smallest absolute Gasteiger partial charge is 0.340 e. The summed E-state index contributed by atoms with van der Waals surface area (Å²) < 4.78 is 8.72. The molecule has 0 aliphatic rings. The van der Waals surface area contributed by atoms with E-state index in [-0.39, 0.29) is 12.6 Å². The van der Waals surface area contributed by atoms with E-state index >= 15 is 0 Å². The second-order valence-electron chi connectivity index (χ2n) is 6.61. The summed E-state index contributed by atoms with van der Waals surface area (Å²) in [5.74, 6) is -0.319.